The molecular formula is C31H32AsF6N4O6. The number of methoxy groups -OCH3 is 1. The van der Waals surface area contributed by atoms with E-state index in [0.29, 0.717) is 46.8 Å². The molecule has 259 valence electrons. The first-order valence-corrected chi connectivity index (χ1v) is 16.9. The van der Waals surface area contributed by atoms with Crippen molar-refractivity contribution in [2.75, 3.05) is 25.2 Å². The summed E-state index contributed by atoms with van der Waals surface area (Å²) >= 11 is -0.982. The van der Waals surface area contributed by atoms with Crippen molar-refractivity contribution < 1.29 is 55.2 Å². The zero-order valence-electron chi connectivity index (χ0n) is 26.1. The van der Waals surface area contributed by atoms with Crippen molar-refractivity contribution in [1.29, 1.82) is 0 Å². The van der Waals surface area contributed by atoms with E-state index in [2.05, 4.69) is 15.0 Å². The summed E-state index contributed by atoms with van der Waals surface area (Å²) in [5, 5.41) is 8.95. The van der Waals surface area contributed by atoms with Gasteiger partial charge in [-0.1, -0.05) is 0 Å². The van der Waals surface area contributed by atoms with Crippen LogP contribution in [0.4, 0.5) is 36.8 Å². The average molecular weight is 746 g/mol. The molecule has 2 aromatic heterocycles. The molecular weight excluding hydrogens is 713 g/mol. The van der Waals surface area contributed by atoms with Gasteiger partial charge in [-0.2, -0.15) is 0 Å². The summed E-state index contributed by atoms with van der Waals surface area (Å²) in [6.07, 6.45) is -8.88. The van der Waals surface area contributed by atoms with Gasteiger partial charge in [0.1, 0.15) is 0 Å². The van der Waals surface area contributed by atoms with Gasteiger partial charge in [-0.3, -0.25) is 0 Å². The second-order valence-corrected chi connectivity index (χ2v) is 13.4. The maximum absolute atomic E-state index is 13.6. The zero-order valence-corrected chi connectivity index (χ0v) is 27.9. The number of halogens is 6. The molecule has 1 amide bonds. The Morgan fingerprint density at radius 3 is 2.31 bits per heavy atom. The third kappa shape index (κ3) is 9.08. The molecule has 0 saturated heterocycles. The number of alkyl halides is 6. The first-order valence-electron chi connectivity index (χ1n) is 14.8. The molecule has 48 heavy (non-hydrogen) atoms. The number of aromatic nitrogens is 3. The van der Waals surface area contributed by atoms with Gasteiger partial charge in [-0.25, -0.2) is 0 Å². The maximum atomic E-state index is 13.6. The van der Waals surface area contributed by atoms with Crippen molar-refractivity contribution in [3.8, 4) is 11.6 Å². The SMILES string of the molecule is CCOC(=O)N1c2ccc(OC)nc2[C@@H]([As]c2ncc(OCCCC(=O)O)c(Cc3cc(C(F)(F)F)cc(C(F)(F)F)c3)n2)C[C@H]1CC. The summed E-state index contributed by atoms with van der Waals surface area (Å²) in [4.78, 5) is 39.1. The Balaban J connectivity index is 1.74. The van der Waals surface area contributed by atoms with E-state index in [1.165, 1.54) is 13.3 Å². The molecule has 1 aliphatic rings. The van der Waals surface area contributed by atoms with E-state index in [1.54, 1.807) is 24.0 Å². The normalized spacial score (nSPS) is 16.6. The molecule has 2 atom stereocenters. The molecule has 0 saturated carbocycles. The monoisotopic (exact) mass is 745 g/mol. The predicted molar refractivity (Wildman–Crippen MR) is 161 cm³/mol. The minimum atomic E-state index is -5.04. The summed E-state index contributed by atoms with van der Waals surface area (Å²) in [7, 11) is 1.45. The van der Waals surface area contributed by atoms with Crippen LogP contribution >= 0.6 is 0 Å². The van der Waals surface area contributed by atoms with Gasteiger partial charge >= 0.3 is 279 Å². The second-order valence-electron chi connectivity index (χ2n) is 10.7. The van der Waals surface area contributed by atoms with E-state index in [4.69, 9.17) is 19.3 Å². The van der Waals surface area contributed by atoms with E-state index in [9.17, 15) is 35.9 Å². The molecule has 17 heteroatoms. The van der Waals surface area contributed by atoms with Crippen LogP contribution in [0.3, 0.4) is 0 Å². The van der Waals surface area contributed by atoms with Crippen molar-refractivity contribution in [3.63, 3.8) is 0 Å². The number of ether oxygens (including phenoxy) is 3. The van der Waals surface area contributed by atoms with Crippen LogP contribution in [0.5, 0.6) is 11.6 Å². The van der Waals surface area contributed by atoms with Crippen molar-refractivity contribution in [2.24, 2.45) is 0 Å². The van der Waals surface area contributed by atoms with Gasteiger partial charge in [-0.05, 0) is 0 Å². The Kier molecular flexibility index (Phi) is 11.8. The predicted octanol–water partition coefficient (Wildman–Crippen LogP) is 5.97. The number of rotatable bonds is 12. The average Bonchev–Trinajstić information content (AvgIpc) is 3.02. The molecule has 1 aromatic carbocycles. The number of aliphatic carboxylic acids is 1. The Morgan fingerprint density at radius 1 is 1.04 bits per heavy atom. The van der Waals surface area contributed by atoms with Crippen LogP contribution in [0.15, 0.2) is 36.5 Å². The Morgan fingerprint density at radius 2 is 1.73 bits per heavy atom. The van der Waals surface area contributed by atoms with Crippen LogP contribution in [0, 0.1) is 0 Å². The first kappa shape index (κ1) is 36.8. The Labute approximate surface area is 278 Å². The third-order valence-electron chi connectivity index (χ3n) is 7.36. The van der Waals surface area contributed by atoms with Crippen LogP contribution in [-0.4, -0.2) is 74.2 Å². The quantitative estimate of drug-likeness (QED) is 0.136. The number of carboxylic acids is 1. The first-order chi connectivity index (χ1) is 22.6. The van der Waals surface area contributed by atoms with Gasteiger partial charge < -0.3 is 0 Å². The van der Waals surface area contributed by atoms with Crippen LogP contribution in [-0.2, 0) is 28.3 Å². The molecule has 0 spiro atoms. The van der Waals surface area contributed by atoms with Gasteiger partial charge in [0.25, 0.3) is 0 Å². The summed E-state index contributed by atoms with van der Waals surface area (Å²) in [5.74, 6) is -0.765. The van der Waals surface area contributed by atoms with Crippen LogP contribution in [0.1, 0.15) is 72.3 Å². The van der Waals surface area contributed by atoms with Gasteiger partial charge in [-0.15, -0.1) is 0 Å². The number of carbonyl (C=O) groups excluding carboxylic acids is 1. The molecule has 1 N–H and O–H groups in total. The van der Waals surface area contributed by atoms with Crippen molar-refractivity contribution in [2.45, 2.75) is 69.1 Å². The van der Waals surface area contributed by atoms with Crippen LogP contribution in [0.2, 0.25) is 0 Å². The summed E-state index contributed by atoms with van der Waals surface area (Å²) in [6, 6.07) is 4.36. The van der Waals surface area contributed by atoms with Crippen LogP contribution in [0.25, 0.3) is 0 Å². The standard InChI is InChI=1S/C31H32AsF6N4O6/c1-4-20-15-21(27-23(8-9-25(41-27)46-3)42(20)29(45)47-5-2)32-28-39-16-24(48-10-6-7-26(43)44)22(40-28)13-17-11-18(30(33,34)35)14-19(12-17)31(36,37)38/h8-9,11-12,14,16,20-21H,4-7,10,13,15H2,1-3H3,(H,43,44)/t20-,21+/m1/s1. The van der Waals surface area contributed by atoms with Gasteiger partial charge in [0.05, 0.1) is 0 Å². The number of fused-ring (bicyclic) bond motifs is 1. The van der Waals surface area contributed by atoms with E-state index in [0.717, 1.165) is 0 Å². The second kappa shape index (κ2) is 15.4. The Hall–Kier alpha value is -4.07. The van der Waals surface area contributed by atoms with Gasteiger partial charge in [0, 0.05) is 0 Å². The molecule has 0 fully saturated rings. The van der Waals surface area contributed by atoms with Crippen molar-refractivity contribution in [3.05, 3.63) is 64.6 Å². The van der Waals surface area contributed by atoms with Crippen molar-refractivity contribution >= 4 is 38.1 Å². The molecule has 10 nitrogen and oxygen atoms in total. The molecule has 1 radical (unpaired) electrons. The summed E-state index contributed by atoms with van der Waals surface area (Å²) < 4.78 is 97.9. The minimum absolute atomic E-state index is 0.0000636. The van der Waals surface area contributed by atoms with Gasteiger partial charge in [0.2, 0.25) is 0 Å². The summed E-state index contributed by atoms with van der Waals surface area (Å²) in [5.41, 5.74) is -2.14. The summed E-state index contributed by atoms with van der Waals surface area (Å²) in [6.45, 7) is 3.67. The van der Waals surface area contributed by atoms with Gasteiger partial charge in [0.15, 0.2) is 0 Å². The molecule has 3 aromatic rings. The van der Waals surface area contributed by atoms with E-state index in [1.807, 2.05) is 6.92 Å². The van der Waals surface area contributed by atoms with E-state index in [-0.39, 0.29) is 59.9 Å². The van der Waals surface area contributed by atoms with E-state index >= 15 is 0 Å². The molecule has 0 bridgehead atoms. The molecule has 1 aliphatic heterocycles. The number of hydrogen-bond acceptors (Lipinski definition) is 8. The Bertz CT molecular complexity index is 1590. The molecule has 0 aliphatic carbocycles. The number of pyridine rings is 1. The molecule has 4 rings (SSSR count). The number of carboxylic acid groups (broad SMARTS) is 1. The molecule has 3 heterocycles. The number of benzene rings is 1. The fourth-order valence-electron chi connectivity index (χ4n) is 5.15. The van der Waals surface area contributed by atoms with Crippen LogP contribution < -0.4 is 19.0 Å². The fourth-order valence-corrected chi connectivity index (χ4v) is 7.76. The number of anilines is 1. The topological polar surface area (TPSA) is 124 Å². The molecule has 0 unspecified atom stereocenters. The zero-order chi connectivity index (χ0) is 35.2. The number of carbonyl (C=O) groups is 2. The number of hydrogen-bond donors (Lipinski definition) is 1. The number of amides is 1. The fraction of sp³-hybridized carbons (Fsp3) is 0.452. The van der Waals surface area contributed by atoms with E-state index < -0.39 is 57.7 Å². The van der Waals surface area contributed by atoms with Crippen molar-refractivity contribution in [1.82, 2.24) is 15.0 Å². The third-order valence-corrected chi connectivity index (χ3v) is 9.90. The number of nitrogens with zero attached hydrogens (tertiary/aromatic N) is 4.